The third kappa shape index (κ3) is 4.91. The van der Waals surface area contributed by atoms with Crippen molar-refractivity contribution in [3.8, 4) is 0 Å². The Bertz CT molecular complexity index is 486. The number of aryl methyl sites for hydroxylation is 2. The number of carboxylic acids is 1. The van der Waals surface area contributed by atoms with Crippen molar-refractivity contribution >= 4 is 17.7 Å². The molecule has 1 aromatic carbocycles. The Morgan fingerprint density at radius 1 is 1.25 bits per heavy atom. The van der Waals surface area contributed by atoms with Gasteiger partial charge in [0.2, 0.25) is 0 Å². The van der Waals surface area contributed by atoms with Gasteiger partial charge in [-0.1, -0.05) is 25.8 Å². The molecule has 0 fully saturated rings. The normalized spacial score (nSPS) is 11.8. The fourth-order valence-electron chi connectivity index (χ4n) is 1.81. The zero-order valence-electron chi connectivity index (χ0n) is 12.2. The number of carbonyl (C=O) groups excluding carboxylic acids is 1. The van der Waals surface area contributed by atoms with Crippen molar-refractivity contribution < 1.29 is 14.7 Å². The van der Waals surface area contributed by atoms with Crippen LogP contribution >= 0.6 is 0 Å². The molecule has 0 aliphatic rings. The van der Waals surface area contributed by atoms with Crippen LogP contribution in [0.15, 0.2) is 18.2 Å². The van der Waals surface area contributed by atoms with Crippen molar-refractivity contribution in [3.63, 3.8) is 0 Å². The Hall–Kier alpha value is -2.04. The van der Waals surface area contributed by atoms with Crippen LogP contribution in [-0.4, -0.2) is 23.1 Å². The van der Waals surface area contributed by atoms with Crippen LogP contribution in [0.2, 0.25) is 0 Å². The van der Waals surface area contributed by atoms with E-state index in [-0.39, 0.29) is 0 Å². The maximum Gasteiger partial charge on any atom is 0.326 e. The molecule has 0 spiro atoms. The minimum absolute atomic E-state index is 0.437. The predicted octanol–water partition coefficient (Wildman–Crippen LogP) is 3.07. The molecule has 0 saturated carbocycles. The van der Waals surface area contributed by atoms with Gasteiger partial charge < -0.3 is 15.7 Å². The molecule has 0 aliphatic heterocycles. The zero-order valence-corrected chi connectivity index (χ0v) is 12.2. The van der Waals surface area contributed by atoms with Gasteiger partial charge >= 0.3 is 12.0 Å². The topological polar surface area (TPSA) is 78.4 Å². The van der Waals surface area contributed by atoms with Crippen molar-refractivity contribution in [2.24, 2.45) is 0 Å². The summed E-state index contributed by atoms with van der Waals surface area (Å²) in [7, 11) is 0. The van der Waals surface area contributed by atoms with Crippen LogP contribution in [0.5, 0.6) is 0 Å². The van der Waals surface area contributed by atoms with Crippen molar-refractivity contribution in [3.05, 3.63) is 29.3 Å². The first-order valence-corrected chi connectivity index (χ1v) is 6.81. The van der Waals surface area contributed by atoms with E-state index in [1.54, 1.807) is 6.07 Å². The summed E-state index contributed by atoms with van der Waals surface area (Å²) in [5, 5.41) is 14.2. The Kier molecular flexibility index (Phi) is 6.03. The number of hydrogen-bond donors (Lipinski definition) is 3. The SMILES string of the molecule is CCCCC(NC(=O)Nc1ccc(C)c(C)c1)C(=O)O. The van der Waals surface area contributed by atoms with Crippen molar-refractivity contribution in [2.75, 3.05) is 5.32 Å². The Morgan fingerprint density at radius 2 is 1.95 bits per heavy atom. The number of unbranched alkanes of at least 4 members (excludes halogenated alkanes) is 1. The number of carbonyl (C=O) groups is 2. The Labute approximate surface area is 119 Å². The molecule has 0 radical (unpaired) electrons. The maximum atomic E-state index is 11.8. The van der Waals surface area contributed by atoms with Crippen LogP contribution in [0, 0.1) is 13.8 Å². The highest BCUT2D eigenvalue weighted by Crippen LogP contribution is 2.14. The maximum absolute atomic E-state index is 11.8. The van der Waals surface area contributed by atoms with Crippen LogP contribution in [0.1, 0.15) is 37.3 Å². The first-order chi connectivity index (χ1) is 9.43. The number of hydrogen-bond acceptors (Lipinski definition) is 2. The molecule has 3 N–H and O–H groups in total. The lowest BCUT2D eigenvalue weighted by atomic mass is 10.1. The fourth-order valence-corrected chi connectivity index (χ4v) is 1.81. The summed E-state index contributed by atoms with van der Waals surface area (Å²) in [6.07, 6.45) is 2.09. The summed E-state index contributed by atoms with van der Waals surface area (Å²) < 4.78 is 0. The van der Waals surface area contributed by atoms with Crippen molar-refractivity contribution in [1.82, 2.24) is 5.32 Å². The zero-order chi connectivity index (χ0) is 15.1. The summed E-state index contributed by atoms with van der Waals surface area (Å²) in [5.41, 5.74) is 2.87. The first kappa shape index (κ1) is 16.0. The van der Waals surface area contributed by atoms with Gasteiger partial charge in [0.1, 0.15) is 6.04 Å². The second-order valence-electron chi connectivity index (χ2n) is 4.93. The molecular formula is C15H22N2O3. The largest absolute Gasteiger partial charge is 0.480 e. The number of nitrogens with one attached hydrogen (secondary N) is 2. The second kappa shape index (κ2) is 7.53. The summed E-state index contributed by atoms with van der Waals surface area (Å²) in [5.74, 6) is -1.01. The highest BCUT2D eigenvalue weighted by Gasteiger charge is 2.19. The Morgan fingerprint density at radius 3 is 2.50 bits per heavy atom. The molecular weight excluding hydrogens is 256 g/mol. The lowest BCUT2D eigenvalue weighted by Crippen LogP contribution is -2.42. The van der Waals surface area contributed by atoms with Gasteiger partial charge in [0.25, 0.3) is 0 Å². The summed E-state index contributed by atoms with van der Waals surface area (Å²) in [4.78, 5) is 22.9. The number of carboxylic acid groups (broad SMARTS) is 1. The van der Waals surface area contributed by atoms with Crippen LogP contribution in [0.25, 0.3) is 0 Å². The van der Waals surface area contributed by atoms with Gasteiger partial charge in [-0.3, -0.25) is 0 Å². The van der Waals surface area contributed by atoms with Gasteiger partial charge in [-0.2, -0.15) is 0 Å². The minimum Gasteiger partial charge on any atom is -0.480 e. The van der Waals surface area contributed by atoms with Gasteiger partial charge in [0.05, 0.1) is 0 Å². The summed E-state index contributed by atoms with van der Waals surface area (Å²) in [6.45, 7) is 5.93. The molecule has 5 nitrogen and oxygen atoms in total. The monoisotopic (exact) mass is 278 g/mol. The van der Waals surface area contributed by atoms with E-state index in [0.29, 0.717) is 12.1 Å². The minimum atomic E-state index is -1.01. The molecule has 1 rings (SSSR count). The smallest absolute Gasteiger partial charge is 0.326 e. The van der Waals surface area contributed by atoms with E-state index in [0.717, 1.165) is 24.0 Å². The number of anilines is 1. The lowest BCUT2D eigenvalue weighted by molar-refractivity contribution is -0.139. The van der Waals surface area contributed by atoms with Gasteiger partial charge in [-0.25, -0.2) is 9.59 Å². The molecule has 110 valence electrons. The number of aliphatic carboxylic acids is 1. The molecule has 1 atom stereocenters. The third-order valence-electron chi connectivity index (χ3n) is 3.21. The first-order valence-electron chi connectivity index (χ1n) is 6.81. The van der Waals surface area contributed by atoms with Crippen molar-refractivity contribution in [2.45, 2.75) is 46.1 Å². The van der Waals surface area contributed by atoms with Crippen molar-refractivity contribution in [1.29, 1.82) is 0 Å². The van der Waals surface area contributed by atoms with Crippen LogP contribution < -0.4 is 10.6 Å². The number of urea groups is 1. The van der Waals surface area contributed by atoms with Crippen LogP contribution in [0.3, 0.4) is 0 Å². The molecule has 1 aromatic rings. The number of benzene rings is 1. The van der Waals surface area contributed by atoms with E-state index in [9.17, 15) is 9.59 Å². The van der Waals surface area contributed by atoms with Crippen LogP contribution in [0.4, 0.5) is 10.5 Å². The van der Waals surface area contributed by atoms with E-state index in [1.807, 2.05) is 32.9 Å². The van der Waals surface area contributed by atoms with E-state index in [1.165, 1.54) is 0 Å². The number of amides is 2. The standard InChI is InChI=1S/C15H22N2O3/c1-4-5-6-13(14(18)19)17-15(20)16-12-8-7-10(2)11(3)9-12/h7-9,13H,4-6H2,1-3H3,(H,18,19)(H2,16,17,20). The van der Waals surface area contributed by atoms with E-state index in [4.69, 9.17) is 5.11 Å². The molecule has 2 amide bonds. The van der Waals surface area contributed by atoms with Gasteiger partial charge in [0, 0.05) is 5.69 Å². The third-order valence-corrected chi connectivity index (χ3v) is 3.21. The average Bonchev–Trinajstić information content (AvgIpc) is 2.38. The second-order valence-corrected chi connectivity index (χ2v) is 4.93. The highest BCUT2D eigenvalue weighted by molar-refractivity contribution is 5.92. The molecule has 0 aliphatic carbocycles. The molecule has 0 aromatic heterocycles. The lowest BCUT2D eigenvalue weighted by Gasteiger charge is -2.15. The average molecular weight is 278 g/mol. The van der Waals surface area contributed by atoms with E-state index >= 15 is 0 Å². The number of rotatable bonds is 6. The van der Waals surface area contributed by atoms with Gasteiger partial charge in [0.15, 0.2) is 0 Å². The summed E-state index contributed by atoms with van der Waals surface area (Å²) >= 11 is 0. The summed E-state index contributed by atoms with van der Waals surface area (Å²) in [6, 6.07) is 4.23. The molecule has 0 saturated heterocycles. The van der Waals surface area contributed by atoms with E-state index in [2.05, 4.69) is 10.6 Å². The molecule has 20 heavy (non-hydrogen) atoms. The van der Waals surface area contributed by atoms with Crippen LogP contribution in [-0.2, 0) is 4.79 Å². The van der Waals surface area contributed by atoms with Gasteiger partial charge in [-0.05, 0) is 43.5 Å². The molecule has 0 heterocycles. The molecule has 1 unspecified atom stereocenters. The highest BCUT2D eigenvalue weighted by atomic mass is 16.4. The fraction of sp³-hybridized carbons (Fsp3) is 0.467. The molecule has 5 heteroatoms. The molecule has 0 bridgehead atoms. The van der Waals surface area contributed by atoms with E-state index < -0.39 is 18.0 Å². The van der Waals surface area contributed by atoms with Gasteiger partial charge in [-0.15, -0.1) is 0 Å². The Balaban J connectivity index is 2.60. The quantitative estimate of drug-likeness (QED) is 0.748. The predicted molar refractivity (Wildman–Crippen MR) is 79.0 cm³/mol.